The largest absolute Gasteiger partial charge is 0.335 e. The maximum atomic E-state index is 13.4. The number of fused-ring (bicyclic) bond motifs is 1. The Morgan fingerprint density at radius 3 is 2.31 bits per heavy atom. The van der Waals surface area contributed by atoms with Crippen molar-refractivity contribution >= 4 is 39.4 Å². The van der Waals surface area contributed by atoms with Gasteiger partial charge < -0.3 is 0 Å². The van der Waals surface area contributed by atoms with Gasteiger partial charge in [0.25, 0.3) is 0 Å². The van der Waals surface area contributed by atoms with Gasteiger partial charge in [0.1, 0.15) is 5.01 Å². The number of carbonyl (C=O) groups excluding carboxylic acids is 3. The van der Waals surface area contributed by atoms with Crippen LogP contribution in [-0.4, -0.2) is 56.8 Å². The first-order chi connectivity index (χ1) is 15.3. The minimum atomic E-state index is -0.686. The molecule has 1 aliphatic heterocycles. The summed E-state index contributed by atoms with van der Waals surface area (Å²) in [6.07, 6.45) is 6.27. The highest BCUT2D eigenvalue weighted by Crippen LogP contribution is 2.58. The first-order valence-electron chi connectivity index (χ1n) is 11.6. The number of benzene rings is 1. The molecule has 1 aromatic carbocycles. The molecule has 0 radical (unpaired) electrons. The van der Waals surface area contributed by atoms with Crippen LogP contribution in [0.25, 0.3) is 10.2 Å². The Bertz CT molecular complexity index is 1060. The topological polar surface area (TPSA) is 73.8 Å². The molecule has 2 aromatic rings. The number of carbonyl (C=O) groups is 3. The summed E-state index contributed by atoms with van der Waals surface area (Å²) >= 11 is 1.61. The zero-order valence-corrected chi connectivity index (χ0v) is 19.3. The van der Waals surface area contributed by atoms with E-state index in [1.54, 1.807) is 11.3 Å². The van der Waals surface area contributed by atoms with Gasteiger partial charge in [-0.25, -0.2) is 19.6 Å². The van der Waals surface area contributed by atoms with Gasteiger partial charge in [-0.2, -0.15) is 0 Å². The van der Waals surface area contributed by atoms with Crippen LogP contribution < -0.4 is 0 Å². The molecule has 5 aliphatic rings. The van der Waals surface area contributed by atoms with Crippen LogP contribution in [0.15, 0.2) is 24.3 Å². The number of nitrogens with zero attached hydrogens (tertiary/aromatic N) is 4. The quantitative estimate of drug-likeness (QED) is 0.506. The van der Waals surface area contributed by atoms with Crippen LogP contribution in [0, 0.1) is 17.8 Å². The summed E-state index contributed by atoms with van der Waals surface area (Å²) in [7, 11) is 1.87. The summed E-state index contributed by atoms with van der Waals surface area (Å²) in [4.78, 5) is 48.6. The smallest absolute Gasteiger partial charge is 0.279 e. The van der Waals surface area contributed by atoms with E-state index in [2.05, 4.69) is 0 Å². The second-order valence-corrected chi connectivity index (χ2v) is 11.5. The van der Waals surface area contributed by atoms with Crippen molar-refractivity contribution in [2.24, 2.45) is 17.8 Å². The number of thiazole rings is 1. The fourth-order valence-electron chi connectivity index (χ4n) is 6.99. The molecule has 0 unspecified atom stereocenters. The molecule has 0 spiro atoms. The summed E-state index contributed by atoms with van der Waals surface area (Å²) in [6, 6.07) is 7.47. The van der Waals surface area contributed by atoms with Crippen LogP contribution in [0.1, 0.15) is 56.5 Å². The second-order valence-electron chi connectivity index (χ2n) is 10.4. The standard InChI is InChI=1S/C24H28N4O3S/c1-14(20-25-18-5-3-4-6-19(18)32-20)26(2)13-27-21(29)22(30)28(23(27)31)24-10-15-7-16(11-24)9-17(8-15)12-24/h3-6,14-17H,7-13H2,1-2H3/t14-,15?,16?,17?,24?/m1/s1. The Balaban J connectivity index is 1.22. The average Bonchev–Trinajstić information content (AvgIpc) is 3.27. The molecule has 7 nitrogen and oxygen atoms in total. The lowest BCUT2D eigenvalue weighted by atomic mass is 9.52. The zero-order valence-electron chi connectivity index (χ0n) is 18.5. The monoisotopic (exact) mass is 452 g/mol. The summed E-state index contributed by atoms with van der Waals surface area (Å²) in [5, 5.41) is 0.928. The number of para-hydroxylation sites is 1. The van der Waals surface area contributed by atoms with Gasteiger partial charge in [-0.15, -0.1) is 11.3 Å². The lowest BCUT2D eigenvalue weighted by Crippen LogP contribution is -2.62. The van der Waals surface area contributed by atoms with Gasteiger partial charge in [-0.3, -0.25) is 14.5 Å². The molecule has 2 heterocycles. The van der Waals surface area contributed by atoms with Gasteiger partial charge in [0.05, 0.1) is 28.5 Å². The first kappa shape index (κ1) is 20.3. The predicted octanol–water partition coefficient (Wildman–Crippen LogP) is 4.01. The Hall–Kier alpha value is -2.32. The van der Waals surface area contributed by atoms with Crippen LogP contribution in [0.3, 0.4) is 0 Å². The molecule has 5 fully saturated rings. The molecule has 32 heavy (non-hydrogen) atoms. The Morgan fingerprint density at radius 2 is 1.69 bits per heavy atom. The maximum absolute atomic E-state index is 13.4. The van der Waals surface area contributed by atoms with E-state index in [9.17, 15) is 14.4 Å². The van der Waals surface area contributed by atoms with Crippen molar-refractivity contribution in [3.63, 3.8) is 0 Å². The molecule has 0 N–H and O–H groups in total. The van der Waals surface area contributed by atoms with Crippen molar-refractivity contribution in [2.75, 3.05) is 13.7 Å². The Morgan fingerprint density at radius 1 is 1.06 bits per heavy atom. The lowest BCUT2D eigenvalue weighted by Gasteiger charge is -2.58. The molecule has 4 bridgehead atoms. The Kier molecular flexibility index (Phi) is 4.50. The number of hydrogen-bond acceptors (Lipinski definition) is 6. The van der Waals surface area contributed by atoms with Gasteiger partial charge in [-0.05, 0) is 82.4 Å². The number of imide groups is 2. The summed E-state index contributed by atoms with van der Waals surface area (Å²) in [5.74, 6) is 0.459. The molecule has 1 aromatic heterocycles. The third kappa shape index (κ3) is 2.95. The van der Waals surface area contributed by atoms with Crippen molar-refractivity contribution in [3.8, 4) is 0 Å². The third-order valence-electron chi connectivity index (χ3n) is 8.23. The van der Waals surface area contributed by atoms with Gasteiger partial charge in [0, 0.05) is 0 Å². The Labute approximate surface area is 191 Å². The summed E-state index contributed by atoms with van der Waals surface area (Å²) in [5.41, 5.74) is 0.508. The van der Waals surface area contributed by atoms with Crippen LogP contribution in [-0.2, 0) is 9.59 Å². The van der Waals surface area contributed by atoms with Crippen molar-refractivity contribution in [2.45, 2.75) is 57.0 Å². The van der Waals surface area contributed by atoms with E-state index >= 15 is 0 Å². The normalized spacial score (nSPS) is 32.7. The highest BCUT2D eigenvalue weighted by atomic mass is 32.1. The molecule has 1 saturated heterocycles. The van der Waals surface area contributed by atoms with Crippen LogP contribution in [0.4, 0.5) is 4.79 Å². The van der Waals surface area contributed by atoms with Gasteiger partial charge in [-0.1, -0.05) is 12.1 Å². The van der Waals surface area contributed by atoms with E-state index in [0.29, 0.717) is 17.8 Å². The van der Waals surface area contributed by atoms with E-state index < -0.39 is 23.4 Å². The molecule has 1 atom stereocenters. The molecule has 4 aliphatic carbocycles. The number of rotatable bonds is 5. The minimum absolute atomic E-state index is 0.0864. The molecule has 4 saturated carbocycles. The predicted molar refractivity (Wildman–Crippen MR) is 121 cm³/mol. The molecule has 8 heteroatoms. The first-order valence-corrected chi connectivity index (χ1v) is 12.4. The van der Waals surface area contributed by atoms with Gasteiger partial charge >= 0.3 is 17.8 Å². The molecular formula is C24H28N4O3S. The van der Waals surface area contributed by atoms with Crippen LogP contribution >= 0.6 is 11.3 Å². The van der Waals surface area contributed by atoms with E-state index in [4.69, 9.17) is 4.98 Å². The molecule has 168 valence electrons. The van der Waals surface area contributed by atoms with E-state index in [1.165, 1.54) is 24.2 Å². The van der Waals surface area contributed by atoms with E-state index in [1.807, 2.05) is 43.1 Å². The van der Waals surface area contributed by atoms with E-state index in [-0.39, 0.29) is 12.7 Å². The zero-order chi connectivity index (χ0) is 22.2. The van der Waals surface area contributed by atoms with Crippen molar-refractivity contribution in [3.05, 3.63) is 29.3 Å². The third-order valence-corrected chi connectivity index (χ3v) is 9.43. The summed E-state index contributed by atoms with van der Waals surface area (Å²) < 4.78 is 1.11. The summed E-state index contributed by atoms with van der Waals surface area (Å²) in [6.45, 7) is 2.10. The number of hydrogen-bond donors (Lipinski definition) is 0. The second kappa shape index (κ2) is 7.09. The SMILES string of the molecule is C[C@H](c1nc2ccccc2s1)N(C)CN1C(=O)C(=O)N(C23CC4CC(CC(C4)C2)C3)C1=O. The molecule has 7 rings (SSSR count). The minimum Gasteiger partial charge on any atom is -0.279 e. The van der Waals surface area contributed by atoms with Crippen molar-refractivity contribution in [1.29, 1.82) is 0 Å². The highest BCUT2D eigenvalue weighted by molar-refractivity contribution is 7.18. The number of amides is 4. The average molecular weight is 453 g/mol. The van der Waals surface area contributed by atoms with Gasteiger partial charge in [0.15, 0.2) is 0 Å². The fourth-order valence-corrected chi connectivity index (χ4v) is 8.07. The van der Waals surface area contributed by atoms with Crippen molar-refractivity contribution < 1.29 is 14.4 Å². The van der Waals surface area contributed by atoms with Crippen LogP contribution in [0.2, 0.25) is 0 Å². The van der Waals surface area contributed by atoms with E-state index in [0.717, 1.165) is 39.4 Å². The highest BCUT2D eigenvalue weighted by Gasteiger charge is 2.61. The molecular weight excluding hydrogens is 424 g/mol. The fraction of sp³-hybridized carbons (Fsp3) is 0.583. The van der Waals surface area contributed by atoms with Crippen LogP contribution in [0.5, 0.6) is 0 Å². The molecule has 4 amide bonds. The van der Waals surface area contributed by atoms with Gasteiger partial charge in [0.2, 0.25) is 0 Å². The maximum Gasteiger partial charge on any atom is 0.335 e. The number of aromatic nitrogens is 1. The number of urea groups is 1. The van der Waals surface area contributed by atoms with Crippen molar-refractivity contribution in [1.82, 2.24) is 19.7 Å². The lowest BCUT2D eigenvalue weighted by molar-refractivity contribution is -0.150.